The van der Waals surface area contributed by atoms with Crippen LogP contribution in [0.4, 0.5) is 17.1 Å². The van der Waals surface area contributed by atoms with Gasteiger partial charge in [-0.2, -0.15) is 0 Å². The second kappa shape index (κ2) is 12.4. The Bertz CT molecular complexity index is 3090. The Morgan fingerprint density at radius 3 is 1.61 bits per heavy atom. The Kier molecular flexibility index (Phi) is 7.07. The molecule has 0 N–H and O–H groups in total. The summed E-state index contributed by atoms with van der Waals surface area (Å²) < 4.78 is 2.64. The van der Waals surface area contributed by atoms with Gasteiger partial charge in [0.25, 0.3) is 0 Å². The molecule has 2 heterocycles. The summed E-state index contributed by atoms with van der Waals surface area (Å²) in [5, 5.41) is 10.2. The zero-order chi connectivity index (χ0) is 35.6. The fourth-order valence-corrected chi connectivity index (χ4v) is 9.38. The molecule has 0 saturated heterocycles. The maximum atomic E-state index is 5.07. The van der Waals surface area contributed by atoms with E-state index in [-0.39, 0.29) is 0 Å². The number of pyridine rings is 1. The number of nitrogens with zero attached hydrogens (tertiary/aromatic N) is 2. The summed E-state index contributed by atoms with van der Waals surface area (Å²) in [6, 6.07) is 68.1. The molecule has 0 saturated carbocycles. The van der Waals surface area contributed by atoms with Gasteiger partial charge in [-0.25, -0.2) is 0 Å². The zero-order valence-electron chi connectivity index (χ0n) is 29.3. The first-order valence-corrected chi connectivity index (χ1v) is 19.2. The number of rotatable bonds is 6. The van der Waals surface area contributed by atoms with Crippen LogP contribution in [-0.4, -0.2) is 4.98 Å². The molecule has 54 heavy (non-hydrogen) atoms. The Morgan fingerprint density at radius 1 is 0.370 bits per heavy atom. The van der Waals surface area contributed by atoms with Gasteiger partial charge in [0.15, 0.2) is 0 Å². The summed E-state index contributed by atoms with van der Waals surface area (Å²) in [7, 11) is 0. The fraction of sp³-hybridized carbons (Fsp3) is 0. The highest BCUT2D eigenvalue weighted by Gasteiger charge is 2.17. The van der Waals surface area contributed by atoms with E-state index in [1.807, 2.05) is 17.5 Å². The van der Waals surface area contributed by atoms with Crippen molar-refractivity contribution >= 4 is 80.9 Å². The van der Waals surface area contributed by atoms with Crippen LogP contribution in [0.1, 0.15) is 0 Å². The van der Waals surface area contributed by atoms with Crippen molar-refractivity contribution in [3.63, 3.8) is 0 Å². The SMILES string of the molecule is c1ccc(N(c2ccccc2)c2ccc(-c3ccc4ccc5c(-c6ccc(-c7ccc8sc9ccccc9c8c7)cn6)ccc6ccc3c4c65)cc2)cc1. The number of thiophene rings is 1. The lowest BCUT2D eigenvalue weighted by atomic mass is 9.88. The van der Waals surface area contributed by atoms with E-state index in [0.29, 0.717) is 0 Å². The number of para-hydroxylation sites is 2. The van der Waals surface area contributed by atoms with Crippen molar-refractivity contribution < 1.29 is 0 Å². The van der Waals surface area contributed by atoms with Crippen LogP contribution in [0.5, 0.6) is 0 Å². The minimum Gasteiger partial charge on any atom is -0.311 e. The summed E-state index contributed by atoms with van der Waals surface area (Å²) in [6.07, 6.45) is 2.03. The summed E-state index contributed by atoms with van der Waals surface area (Å²) >= 11 is 1.85. The van der Waals surface area contributed by atoms with Gasteiger partial charge in [0.05, 0.1) is 5.69 Å². The molecule has 0 amide bonds. The van der Waals surface area contributed by atoms with Crippen LogP contribution >= 0.6 is 11.3 Å². The number of fused-ring (bicyclic) bond motifs is 3. The highest BCUT2D eigenvalue weighted by Crippen LogP contribution is 2.43. The first-order valence-electron chi connectivity index (χ1n) is 18.4. The van der Waals surface area contributed by atoms with Gasteiger partial charge >= 0.3 is 0 Å². The molecule has 0 aliphatic heterocycles. The maximum Gasteiger partial charge on any atom is 0.0708 e. The van der Waals surface area contributed by atoms with E-state index < -0.39 is 0 Å². The molecule has 0 atom stereocenters. The molecule has 0 unspecified atom stereocenters. The Hall–Kier alpha value is -6.81. The molecule has 0 aliphatic rings. The maximum absolute atomic E-state index is 5.07. The topological polar surface area (TPSA) is 16.1 Å². The molecular weight excluding hydrogens is 673 g/mol. The van der Waals surface area contributed by atoms with Crippen LogP contribution < -0.4 is 4.90 Å². The first-order chi connectivity index (χ1) is 26.8. The molecule has 9 aromatic carbocycles. The Balaban J connectivity index is 0.980. The normalized spacial score (nSPS) is 11.7. The van der Waals surface area contributed by atoms with Crippen molar-refractivity contribution in [2.75, 3.05) is 4.90 Å². The standard InChI is InChI=1S/C51H32N2S/c1-3-9-38(10-4-1)53(39-11-5-2-6-12-39)40-23-15-33(16-24-40)41-25-17-34-20-28-45-42(26-18-35-19-27-44(41)50(34)51(35)45)47-29-21-37(32-52-47)36-22-30-49-46(31-36)43-13-7-8-14-48(43)54-49/h1-32H. The molecule has 3 heteroatoms. The Morgan fingerprint density at radius 2 is 0.926 bits per heavy atom. The first kappa shape index (κ1) is 30.8. The molecule has 0 radical (unpaired) electrons. The molecular formula is C51H32N2S. The van der Waals surface area contributed by atoms with E-state index in [9.17, 15) is 0 Å². The molecule has 11 aromatic rings. The van der Waals surface area contributed by atoms with Crippen LogP contribution in [0.3, 0.4) is 0 Å². The van der Waals surface area contributed by atoms with Gasteiger partial charge in [-0.15, -0.1) is 11.3 Å². The lowest BCUT2D eigenvalue weighted by Crippen LogP contribution is -2.09. The molecule has 11 rings (SSSR count). The molecule has 0 spiro atoms. The molecule has 0 bridgehead atoms. The lowest BCUT2D eigenvalue weighted by molar-refractivity contribution is 1.28. The minimum absolute atomic E-state index is 0.982. The molecule has 2 aromatic heterocycles. The predicted molar refractivity (Wildman–Crippen MR) is 232 cm³/mol. The van der Waals surface area contributed by atoms with Crippen molar-refractivity contribution in [3.8, 4) is 33.5 Å². The predicted octanol–water partition coefficient (Wildman–Crippen LogP) is 14.8. The number of aromatic nitrogens is 1. The monoisotopic (exact) mass is 704 g/mol. The van der Waals surface area contributed by atoms with Gasteiger partial charge < -0.3 is 4.90 Å². The van der Waals surface area contributed by atoms with Crippen molar-refractivity contribution in [2.45, 2.75) is 0 Å². The summed E-state index contributed by atoms with van der Waals surface area (Å²) in [5.41, 5.74) is 10.3. The number of anilines is 3. The summed E-state index contributed by atoms with van der Waals surface area (Å²) in [4.78, 5) is 7.37. The third-order valence-corrected chi connectivity index (χ3v) is 12.0. The minimum atomic E-state index is 0.982. The van der Waals surface area contributed by atoms with Crippen LogP contribution in [0.2, 0.25) is 0 Å². The van der Waals surface area contributed by atoms with Gasteiger partial charge in [0.2, 0.25) is 0 Å². The van der Waals surface area contributed by atoms with Gasteiger partial charge in [-0.3, -0.25) is 4.98 Å². The number of hydrogen-bond acceptors (Lipinski definition) is 3. The van der Waals surface area contributed by atoms with E-state index in [1.165, 1.54) is 69.2 Å². The van der Waals surface area contributed by atoms with Gasteiger partial charge in [0, 0.05) is 54.6 Å². The van der Waals surface area contributed by atoms with E-state index in [0.717, 1.165) is 33.9 Å². The van der Waals surface area contributed by atoms with Gasteiger partial charge in [0.1, 0.15) is 0 Å². The van der Waals surface area contributed by atoms with E-state index in [4.69, 9.17) is 4.98 Å². The van der Waals surface area contributed by atoms with Crippen molar-refractivity contribution in [1.82, 2.24) is 4.98 Å². The van der Waals surface area contributed by atoms with Crippen molar-refractivity contribution in [2.24, 2.45) is 0 Å². The average molecular weight is 705 g/mol. The lowest BCUT2D eigenvalue weighted by Gasteiger charge is -2.25. The Labute approximate surface area is 317 Å². The smallest absolute Gasteiger partial charge is 0.0708 e. The second-order valence-electron chi connectivity index (χ2n) is 13.9. The third kappa shape index (κ3) is 4.97. The molecule has 252 valence electrons. The average Bonchev–Trinajstić information content (AvgIpc) is 3.62. The van der Waals surface area contributed by atoms with E-state index >= 15 is 0 Å². The van der Waals surface area contributed by atoms with E-state index in [1.54, 1.807) is 0 Å². The van der Waals surface area contributed by atoms with Crippen LogP contribution in [0.15, 0.2) is 194 Å². The fourth-order valence-electron chi connectivity index (χ4n) is 8.30. The second-order valence-corrected chi connectivity index (χ2v) is 15.0. The third-order valence-electron chi connectivity index (χ3n) is 10.9. The van der Waals surface area contributed by atoms with Gasteiger partial charge in [-0.05, 0) is 110 Å². The highest BCUT2D eigenvalue weighted by atomic mass is 32.1. The van der Waals surface area contributed by atoms with Crippen molar-refractivity contribution in [3.05, 3.63) is 194 Å². The number of hydrogen-bond donors (Lipinski definition) is 0. The molecule has 0 fully saturated rings. The summed E-state index contributed by atoms with van der Waals surface area (Å²) in [5.74, 6) is 0. The van der Waals surface area contributed by atoms with Crippen molar-refractivity contribution in [1.29, 1.82) is 0 Å². The van der Waals surface area contributed by atoms with Crippen LogP contribution in [0.25, 0.3) is 86.0 Å². The molecule has 0 aliphatic carbocycles. The highest BCUT2D eigenvalue weighted by molar-refractivity contribution is 7.25. The van der Waals surface area contributed by atoms with E-state index in [2.05, 4.69) is 193 Å². The quantitative estimate of drug-likeness (QED) is 0.160. The number of benzene rings is 9. The van der Waals surface area contributed by atoms with Gasteiger partial charge in [-0.1, -0.05) is 127 Å². The van der Waals surface area contributed by atoms with Crippen LogP contribution in [0, 0.1) is 0 Å². The zero-order valence-corrected chi connectivity index (χ0v) is 30.1. The molecule has 2 nitrogen and oxygen atoms in total. The summed E-state index contributed by atoms with van der Waals surface area (Å²) in [6.45, 7) is 0. The largest absolute Gasteiger partial charge is 0.311 e. The van der Waals surface area contributed by atoms with Crippen LogP contribution in [-0.2, 0) is 0 Å².